The minimum Gasteiger partial charge on any atom is -0.371 e. The summed E-state index contributed by atoms with van der Waals surface area (Å²) in [7, 11) is -4.24. The quantitative estimate of drug-likeness (QED) is 0.491. The van der Waals surface area contributed by atoms with Gasteiger partial charge in [-0.25, -0.2) is 8.42 Å². The van der Waals surface area contributed by atoms with Gasteiger partial charge in [-0.15, -0.1) is 11.3 Å². The number of fused-ring (bicyclic) bond motifs is 1. The second-order valence-electron chi connectivity index (χ2n) is 9.10. The Morgan fingerprint density at radius 1 is 0.943 bits per heavy atom. The van der Waals surface area contributed by atoms with Gasteiger partial charge in [0.25, 0.3) is 10.0 Å². The summed E-state index contributed by atoms with van der Waals surface area (Å²) >= 11 is 0.707. The summed E-state index contributed by atoms with van der Waals surface area (Å²) < 4.78 is 69.2. The van der Waals surface area contributed by atoms with Crippen LogP contribution < -0.4 is 4.90 Å². The van der Waals surface area contributed by atoms with Crippen LogP contribution in [0.25, 0.3) is 10.1 Å². The Morgan fingerprint density at radius 3 is 2.26 bits per heavy atom. The topological polar surface area (TPSA) is 56.8 Å². The molecule has 5 rings (SSSR count). The minimum absolute atomic E-state index is 0.0553. The van der Waals surface area contributed by atoms with Crippen LogP contribution in [-0.2, 0) is 16.2 Å². The van der Waals surface area contributed by atoms with Gasteiger partial charge in [-0.2, -0.15) is 17.5 Å². The molecule has 2 aliphatic heterocycles. The molecule has 0 atom stereocenters. The second kappa shape index (κ2) is 9.68. The van der Waals surface area contributed by atoms with Crippen LogP contribution in [0.15, 0.2) is 53.0 Å². The van der Waals surface area contributed by atoms with Gasteiger partial charge in [0.05, 0.1) is 5.56 Å². The zero-order valence-corrected chi connectivity index (χ0v) is 20.7. The van der Waals surface area contributed by atoms with E-state index in [0.29, 0.717) is 35.0 Å². The first-order valence-corrected chi connectivity index (χ1v) is 14.0. The van der Waals surface area contributed by atoms with Crippen LogP contribution in [-0.4, -0.2) is 68.4 Å². The minimum atomic E-state index is -4.74. The zero-order chi connectivity index (χ0) is 24.6. The number of halogens is 3. The number of anilines is 1. The molecule has 0 radical (unpaired) electrons. The predicted molar refractivity (Wildman–Crippen MR) is 131 cm³/mol. The Hall–Kier alpha value is -2.21. The van der Waals surface area contributed by atoms with E-state index in [1.54, 1.807) is 18.5 Å². The maximum Gasteiger partial charge on any atom is 0.419 e. The average Bonchev–Trinajstić information content (AvgIpc) is 3.27. The lowest BCUT2D eigenvalue weighted by Gasteiger charge is -2.39. The summed E-state index contributed by atoms with van der Waals surface area (Å²) in [6, 6.07) is 10.0. The molecule has 2 fully saturated rings. The first kappa shape index (κ1) is 24.5. The van der Waals surface area contributed by atoms with Crippen molar-refractivity contribution in [1.29, 1.82) is 0 Å². The van der Waals surface area contributed by atoms with Crippen molar-refractivity contribution in [2.45, 2.75) is 23.2 Å². The van der Waals surface area contributed by atoms with Gasteiger partial charge >= 0.3 is 6.18 Å². The second-order valence-corrected chi connectivity index (χ2v) is 12.3. The molecule has 0 amide bonds. The fourth-order valence-corrected chi connectivity index (χ4v) is 8.36. The van der Waals surface area contributed by atoms with E-state index < -0.39 is 26.0 Å². The summed E-state index contributed by atoms with van der Waals surface area (Å²) in [5.74, 6) is 0.524. The van der Waals surface area contributed by atoms with E-state index in [-0.39, 0.29) is 18.5 Å². The SMILES string of the molecule is O=S(=O)(c1sc2ccccc2c1C(F)(F)F)N1CCN(CC2CCN(c3ccncc3)CC2)CC1. The molecule has 2 saturated heterocycles. The summed E-state index contributed by atoms with van der Waals surface area (Å²) in [5, 5.41) is -0.0553. The molecule has 0 bridgehead atoms. The Bertz CT molecular complexity index is 1260. The molecule has 2 aromatic heterocycles. The number of hydrogen-bond donors (Lipinski definition) is 0. The molecule has 0 unspecified atom stereocenters. The Labute approximate surface area is 207 Å². The largest absolute Gasteiger partial charge is 0.419 e. The predicted octanol–water partition coefficient (Wildman–Crippen LogP) is 4.54. The smallest absolute Gasteiger partial charge is 0.371 e. The van der Waals surface area contributed by atoms with Gasteiger partial charge in [0.2, 0.25) is 0 Å². The number of sulfonamides is 1. The first-order chi connectivity index (χ1) is 16.7. The van der Waals surface area contributed by atoms with Crippen molar-refractivity contribution < 1.29 is 21.6 Å². The van der Waals surface area contributed by atoms with Gasteiger partial charge in [-0.1, -0.05) is 18.2 Å². The number of piperidine rings is 1. The third-order valence-corrected chi connectivity index (χ3v) is 10.5. The lowest BCUT2D eigenvalue weighted by Crippen LogP contribution is -2.50. The third kappa shape index (κ3) is 5.04. The van der Waals surface area contributed by atoms with Crippen LogP contribution >= 0.6 is 11.3 Å². The van der Waals surface area contributed by atoms with E-state index in [4.69, 9.17) is 0 Å². The molecule has 6 nitrogen and oxygen atoms in total. The van der Waals surface area contributed by atoms with Gasteiger partial charge < -0.3 is 9.80 Å². The van der Waals surface area contributed by atoms with E-state index in [9.17, 15) is 21.6 Å². The molecule has 35 heavy (non-hydrogen) atoms. The number of benzene rings is 1. The maximum absolute atomic E-state index is 13.9. The summed E-state index contributed by atoms with van der Waals surface area (Å²) in [6.45, 7) is 4.26. The highest BCUT2D eigenvalue weighted by molar-refractivity contribution is 7.91. The fraction of sp³-hybridized carbons (Fsp3) is 0.458. The van der Waals surface area contributed by atoms with Crippen LogP contribution in [0.3, 0.4) is 0 Å². The van der Waals surface area contributed by atoms with Crippen LogP contribution in [0.5, 0.6) is 0 Å². The van der Waals surface area contributed by atoms with Gasteiger partial charge in [0, 0.05) is 74.0 Å². The van der Waals surface area contributed by atoms with Gasteiger partial charge in [-0.3, -0.25) is 4.98 Å². The molecule has 188 valence electrons. The fourth-order valence-electron chi connectivity index (χ4n) is 5.04. The van der Waals surface area contributed by atoms with Crippen molar-refractivity contribution >= 4 is 37.1 Å². The lowest BCUT2D eigenvalue weighted by molar-refractivity contribution is -0.138. The molecule has 0 spiro atoms. The molecule has 4 heterocycles. The summed E-state index contributed by atoms with van der Waals surface area (Å²) in [5.41, 5.74) is 0.137. The number of thiophene rings is 1. The van der Waals surface area contributed by atoms with Gasteiger partial charge in [0.1, 0.15) is 4.21 Å². The number of piperazine rings is 1. The number of aromatic nitrogens is 1. The Balaban J connectivity index is 1.22. The standard InChI is InChI=1S/C24H27F3N4O2S2/c25-24(26,27)22-20-3-1-2-4-21(20)34-23(22)35(32,33)31-15-13-29(14-16-31)17-18-7-11-30(12-8-18)19-5-9-28-10-6-19/h1-6,9-10,18H,7-8,11-17H2. The Morgan fingerprint density at radius 2 is 1.60 bits per heavy atom. The number of rotatable bonds is 5. The number of hydrogen-bond acceptors (Lipinski definition) is 6. The van der Waals surface area contributed by atoms with E-state index >= 15 is 0 Å². The number of alkyl halides is 3. The average molecular weight is 525 g/mol. The first-order valence-electron chi connectivity index (χ1n) is 11.7. The molecule has 1 aromatic carbocycles. The lowest BCUT2D eigenvalue weighted by atomic mass is 9.95. The molecular formula is C24H27F3N4O2S2. The number of nitrogens with zero attached hydrogens (tertiary/aromatic N) is 4. The van der Waals surface area contributed by atoms with Crippen LogP contribution in [0.2, 0.25) is 0 Å². The van der Waals surface area contributed by atoms with Crippen molar-refractivity contribution in [3.63, 3.8) is 0 Å². The van der Waals surface area contributed by atoms with E-state index in [1.807, 2.05) is 12.1 Å². The molecule has 0 saturated carbocycles. The van der Waals surface area contributed by atoms with E-state index in [2.05, 4.69) is 14.8 Å². The highest BCUT2D eigenvalue weighted by Crippen LogP contribution is 2.45. The van der Waals surface area contributed by atoms with Crippen molar-refractivity contribution in [3.05, 3.63) is 54.4 Å². The monoisotopic (exact) mass is 524 g/mol. The van der Waals surface area contributed by atoms with Crippen LogP contribution in [0.1, 0.15) is 18.4 Å². The van der Waals surface area contributed by atoms with Crippen molar-refractivity contribution in [1.82, 2.24) is 14.2 Å². The molecule has 11 heteroatoms. The molecule has 2 aliphatic rings. The Kier molecular flexibility index (Phi) is 6.77. The van der Waals surface area contributed by atoms with E-state index in [1.165, 1.54) is 28.2 Å². The normalized spacial score (nSPS) is 19.5. The number of pyridine rings is 1. The third-order valence-electron chi connectivity index (χ3n) is 6.91. The zero-order valence-electron chi connectivity index (χ0n) is 19.1. The van der Waals surface area contributed by atoms with Gasteiger partial charge in [0.15, 0.2) is 0 Å². The maximum atomic E-state index is 13.9. The molecular weight excluding hydrogens is 497 g/mol. The summed E-state index contributed by atoms with van der Waals surface area (Å²) in [6.07, 6.45) is 0.959. The highest BCUT2D eigenvalue weighted by atomic mass is 32.2. The van der Waals surface area contributed by atoms with Crippen molar-refractivity contribution in [3.8, 4) is 0 Å². The van der Waals surface area contributed by atoms with Crippen molar-refractivity contribution in [2.75, 3.05) is 50.7 Å². The highest BCUT2D eigenvalue weighted by Gasteiger charge is 2.43. The molecule has 0 aliphatic carbocycles. The van der Waals surface area contributed by atoms with Crippen molar-refractivity contribution in [2.24, 2.45) is 5.92 Å². The van der Waals surface area contributed by atoms with Crippen LogP contribution in [0, 0.1) is 5.92 Å². The van der Waals surface area contributed by atoms with Gasteiger partial charge in [-0.05, 0) is 37.0 Å². The van der Waals surface area contributed by atoms with Crippen LogP contribution in [0.4, 0.5) is 18.9 Å². The molecule has 3 aromatic rings. The molecule has 0 N–H and O–H groups in total. The van der Waals surface area contributed by atoms with E-state index in [0.717, 1.165) is 32.5 Å². The summed E-state index contributed by atoms with van der Waals surface area (Å²) in [4.78, 5) is 8.67.